The van der Waals surface area contributed by atoms with Gasteiger partial charge in [0.25, 0.3) is 5.91 Å². The Bertz CT molecular complexity index is 329. The van der Waals surface area contributed by atoms with E-state index in [0.717, 1.165) is 37.9 Å². The smallest absolute Gasteiger partial charge is 0.254 e. The highest BCUT2D eigenvalue weighted by Crippen LogP contribution is 2.16. The van der Waals surface area contributed by atoms with Gasteiger partial charge in [-0.2, -0.15) is 11.3 Å². The SMILES string of the molecule is CN(C(=O)c1ccsc1)C1CCCNCC1. The molecule has 0 bridgehead atoms. The lowest BCUT2D eigenvalue weighted by Crippen LogP contribution is -2.37. The summed E-state index contributed by atoms with van der Waals surface area (Å²) in [5.74, 6) is 0.160. The Kier molecular flexibility index (Phi) is 3.96. The fourth-order valence-electron chi connectivity index (χ4n) is 2.14. The lowest BCUT2D eigenvalue weighted by Gasteiger charge is -2.26. The molecule has 1 aliphatic rings. The summed E-state index contributed by atoms with van der Waals surface area (Å²) in [4.78, 5) is 14.0. The van der Waals surface area contributed by atoms with Gasteiger partial charge >= 0.3 is 0 Å². The first-order valence-electron chi connectivity index (χ1n) is 5.79. The molecule has 1 N–H and O–H groups in total. The third kappa shape index (κ3) is 2.62. The highest BCUT2D eigenvalue weighted by atomic mass is 32.1. The molecular weight excluding hydrogens is 220 g/mol. The summed E-state index contributed by atoms with van der Waals surface area (Å²) in [7, 11) is 1.93. The molecule has 1 unspecified atom stereocenters. The third-order valence-corrected chi connectivity index (χ3v) is 3.86. The number of hydrogen-bond acceptors (Lipinski definition) is 3. The maximum Gasteiger partial charge on any atom is 0.254 e. The predicted molar refractivity (Wildman–Crippen MR) is 66.9 cm³/mol. The fraction of sp³-hybridized carbons (Fsp3) is 0.583. The second-order valence-electron chi connectivity index (χ2n) is 4.26. The van der Waals surface area contributed by atoms with Crippen molar-refractivity contribution in [2.24, 2.45) is 0 Å². The van der Waals surface area contributed by atoms with Gasteiger partial charge in [-0.3, -0.25) is 4.79 Å². The number of carbonyl (C=O) groups excluding carboxylic acids is 1. The predicted octanol–water partition coefficient (Wildman–Crippen LogP) is 1.96. The van der Waals surface area contributed by atoms with Gasteiger partial charge in [0.15, 0.2) is 0 Å². The van der Waals surface area contributed by atoms with Crippen LogP contribution in [0.25, 0.3) is 0 Å². The van der Waals surface area contributed by atoms with Crippen LogP contribution < -0.4 is 5.32 Å². The molecule has 0 aliphatic carbocycles. The summed E-state index contributed by atoms with van der Waals surface area (Å²) in [6, 6.07) is 2.29. The minimum atomic E-state index is 0.160. The molecule has 1 aliphatic heterocycles. The van der Waals surface area contributed by atoms with Crippen LogP contribution in [0.4, 0.5) is 0 Å². The molecule has 1 amide bonds. The Morgan fingerprint density at radius 1 is 1.50 bits per heavy atom. The van der Waals surface area contributed by atoms with E-state index in [9.17, 15) is 4.79 Å². The molecule has 0 aromatic carbocycles. The first kappa shape index (κ1) is 11.6. The van der Waals surface area contributed by atoms with E-state index in [-0.39, 0.29) is 5.91 Å². The molecule has 0 radical (unpaired) electrons. The molecule has 1 atom stereocenters. The van der Waals surface area contributed by atoms with E-state index in [1.165, 1.54) is 0 Å². The highest BCUT2D eigenvalue weighted by molar-refractivity contribution is 7.08. The number of amides is 1. The van der Waals surface area contributed by atoms with E-state index in [2.05, 4.69) is 5.32 Å². The van der Waals surface area contributed by atoms with Crippen molar-refractivity contribution in [1.82, 2.24) is 10.2 Å². The molecule has 3 nitrogen and oxygen atoms in total. The quantitative estimate of drug-likeness (QED) is 0.854. The Balaban J connectivity index is 2.00. The third-order valence-electron chi connectivity index (χ3n) is 3.18. The van der Waals surface area contributed by atoms with Gasteiger partial charge in [-0.05, 0) is 43.8 Å². The van der Waals surface area contributed by atoms with E-state index >= 15 is 0 Å². The number of thiophene rings is 1. The molecule has 1 saturated heterocycles. The monoisotopic (exact) mass is 238 g/mol. The molecule has 88 valence electrons. The lowest BCUT2D eigenvalue weighted by atomic mass is 10.1. The van der Waals surface area contributed by atoms with Crippen LogP contribution >= 0.6 is 11.3 Å². The zero-order valence-electron chi connectivity index (χ0n) is 9.61. The molecule has 0 spiro atoms. The van der Waals surface area contributed by atoms with Crippen LogP contribution in [0, 0.1) is 0 Å². The van der Waals surface area contributed by atoms with E-state index in [1.807, 2.05) is 28.8 Å². The summed E-state index contributed by atoms with van der Waals surface area (Å²) < 4.78 is 0. The van der Waals surface area contributed by atoms with Crippen LogP contribution in [-0.2, 0) is 0 Å². The maximum absolute atomic E-state index is 12.1. The van der Waals surface area contributed by atoms with Gasteiger partial charge in [0.2, 0.25) is 0 Å². The van der Waals surface area contributed by atoms with Crippen LogP contribution in [-0.4, -0.2) is 37.0 Å². The van der Waals surface area contributed by atoms with E-state index in [4.69, 9.17) is 0 Å². The average Bonchev–Trinajstić information content (AvgIpc) is 2.70. The first-order chi connectivity index (χ1) is 7.79. The molecule has 2 rings (SSSR count). The van der Waals surface area contributed by atoms with Gasteiger partial charge in [0.1, 0.15) is 0 Å². The standard InChI is InChI=1S/C12H18N2OS/c1-14(11-3-2-6-13-7-4-11)12(15)10-5-8-16-9-10/h5,8-9,11,13H,2-4,6-7H2,1H3. The van der Waals surface area contributed by atoms with E-state index in [1.54, 1.807) is 11.3 Å². The molecule has 1 aromatic rings. The number of nitrogens with one attached hydrogen (secondary N) is 1. The normalized spacial score (nSPS) is 21.4. The van der Waals surface area contributed by atoms with Crippen molar-refractivity contribution in [3.8, 4) is 0 Å². The second kappa shape index (κ2) is 5.46. The molecular formula is C12H18N2OS. The fourth-order valence-corrected chi connectivity index (χ4v) is 2.77. The average molecular weight is 238 g/mol. The van der Waals surface area contributed by atoms with E-state index < -0.39 is 0 Å². The molecule has 1 aromatic heterocycles. The maximum atomic E-state index is 12.1. The van der Waals surface area contributed by atoms with Crippen molar-refractivity contribution < 1.29 is 4.79 Å². The van der Waals surface area contributed by atoms with Crippen molar-refractivity contribution in [1.29, 1.82) is 0 Å². The summed E-state index contributed by atoms with van der Waals surface area (Å²) in [5, 5.41) is 7.25. The van der Waals surface area contributed by atoms with Crippen LogP contribution in [0.5, 0.6) is 0 Å². The largest absolute Gasteiger partial charge is 0.339 e. The van der Waals surface area contributed by atoms with Crippen molar-refractivity contribution >= 4 is 17.2 Å². The molecule has 4 heteroatoms. The van der Waals surface area contributed by atoms with Gasteiger partial charge in [-0.1, -0.05) is 0 Å². The van der Waals surface area contributed by atoms with E-state index in [0.29, 0.717) is 6.04 Å². The lowest BCUT2D eigenvalue weighted by molar-refractivity contribution is 0.0721. The Hall–Kier alpha value is -0.870. The summed E-state index contributed by atoms with van der Waals surface area (Å²) in [5.41, 5.74) is 0.824. The van der Waals surface area contributed by atoms with Crippen LogP contribution in [0.3, 0.4) is 0 Å². The van der Waals surface area contributed by atoms with Crippen LogP contribution in [0.1, 0.15) is 29.6 Å². The van der Waals surface area contributed by atoms with Crippen LogP contribution in [0.15, 0.2) is 16.8 Å². The Labute approximate surface area is 100 Å². The number of rotatable bonds is 2. The molecule has 1 fully saturated rings. The van der Waals surface area contributed by atoms with Gasteiger partial charge in [0.05, 0.1) is 5.56 Å². The highest BCUT2D eigenvalue weighted by Gasteiger charge is 2.21. The molecule has 16 heavy (non-hydrogen) atoms. The first-order valence-corrected chi connectivity index (χ1v) is 6.73. The molecule has 2 heterocycles. The van der Waals surface area contributed by atoms with Crippen LogP contribution in [0.2, 0.25) is 0 Å². The number of hydrogen-bond donors (Lipinski definition) is 1. The summed E-state index contributed by atoms with van der Waals surface area (Å²) >= 11 is 1.58. The minimum Gasteiger partial charge on any atom is -0.339 e. The van der Waals surface area contributed by atoms with Crippen molar-refractivity contribution in [2.45, 2.75) is 25.3 Å². The summed E-state index contributed by atoms with van der Waals surface area (Å²) in [6.07, 6.45) is 3.33. The zero-order chi connectivity index (χ0) is 11.4. The van der Waals surface area contributed by atoms with Gasteiger partial charge in [-0.15, -0.1) is 0 Å². The van der Waals surface area contributed by atoms with Gasteiger partial charge < -0.3 is 10.2 Å². The number of carbonyl (C=O) groups is 1. The number of nitrogens with zero attached hydrogens (tertiary/aromatic N) is 1. The minimum absolute atomic E-state index is 0.160. The second-order valence-corrected chi connectivity index (χ2v) is 5.04. The molecule has 0 saturated carbocycles. The summed E-state index contributed by atoms with van der Waals surface area (Å²) in [6.45, 7) is 2.10. The Morgan fingerprint density at radius 3 is 3.12 bits per heavy atom. The zero-order valence-corrected chi connectivity index (χ0v) is 10.4. The van der Waals surface area contributed by atoms with Gasteiger partial charge in [0, 0.05) is 18.5 Å². The Morgan fingerprint density at radius 2 is 2.38 bits per heavy atom. The topological polar surface area (TPSA) is 32.3 Å². The van der Waals surface area contributed by atoms with Gasteiger partial charge in [-0.25, -0.2) is 0 Å². The van der Waals surface area contributed by atoms with Crippen molar-refractivity contribution in [2.75, 3.05) is 20.1 Å². The van der Waals surface area contributed by atoms with Crippen molar-refractivity contribution in [3.05, 3.63) is 22.4 Å². The van der Waals surface area contributed by atoms with Crippen molar-refractivity contribution in [3.63, 3.8) is 0 Å².